The monoisotopic (exact) mass is 227 g/mol. The summed E-state index contributed by atoms with van der Waals surface area (Å²) < 4.78 is 1.86. The predicted octanol–water partition coefficient (Wildman–Crippen LogP) is 3.09. The van der Waals surface area contributed by atoms with Crippen LogP contribution in [0.3, 0.4) is 0 Å². The third-order valence-electron chi connectivity index (χ3n) is 2.71. The van der Waals surface area contributed by atoms with Gasteiger partial charge in [-0.15, -0.1) is 0 Å². The van der Waals surface area contributed by atoms with E-state index in [2.05, 4.69) is 35.2 Å². The maximum Gasteiger partial charge on any atom is 0.0652 e. The van der Waals surface area contributed by atoms with Crippen molar-refractivity contribution in [2.45, 2.75) is 19.8 Å². The molecule has 0 saturated carbocycles. The van der Waals surface area contributed by atoms with Crippen LogP contribution in [0, 0.1) is 0 Å². The minimum Gasteiger partial charge on any atom is -0.292 e. The summed E-state index contributed by atoms with van der Waals surface area (Å²) >= 11 is 0. The van der Waals surface area contributed by atoms with Gasteiger partial charge in [-0.3, -0.25) is 4.99 Å². The molecular formula is C14H17N3. The third-order valence-corrected chi connectivity index (χ3v) is 2.71. The van der Waals surface area contributed by atoms with E-state index in [9.17, 15) is 0 Å². The molecule has 17 heavy (non-hydrogen) atoms. The molecule has 0 aliphatic heterocycles. The highest BCUT2D eigenvalue weighted by molar-refractivity contribution is 6.00. The highest BCUT2D eigenvalue weighted by Crippen LogP contribution is 2.12. The summed E-state index contributed by atoms with van der Waals surface area (Å²) in [4.78, 5) is 4.36. The van der Waals surface area contributed by atoms with Gasteiger partial charge in [0, 0.05) is 25.2 Å². The van der Waals surface area contributed by atoms with Gasteiger partial charge in [-0.2, -0.15) is 5.10 Å². The highest BCUT2D eigenvalue weighted by Gasteiger charge is 2.03. The normalized spacial score (nSPS) is 11.8. The highest BCUT2D eigenvalue weighted by atomic mass is 15.3. The number of hydrogen-bond acceptors (Lipinski definition) is 2. The van der Waals surface area contributed by atoms with Crippen LogP contribution in [-0.4, -0.2) is 22.5 Å². The van der Waals surface area contributed by atoms with Crippen molar-refractivity contribution < 1.29 is 0 Å². The quantitative estimate of drug-likeness (QED) is 0.738. The molecule has 0 aliphatic carbocycles. The molecule has 0 aliphatic rings. The molecule has 88 valence electrons. The molecule has 0 radical (unpaired) electrons. The Labute approximate surface area is 102 Å². The van der Waals surface area contributed by atoms with E-state index in [4.69, 9.17) is 0 Å². The van der Waals surface area contributed by atoms with Gasteiger partial charge in [-0.25, -0.2) is 4.68 Å². The van der Waals surface area contributed by atoms with Crippen LogP contribution in [0.1, 0.15) is 25.3 Å². The summed E-state index contributed by atoms with van der Waals surface area (Å²) in [7, 11) is 1.85. The summed E-state index contributed by atoms with van der Waals surface area (Å²) in [5.74, 6) is 0. The molecule has 0 N–H and O–H groups in total. The lowest BCUT2D eigenvalue weighted by atomic mass is 10.1. The molecule has 0 bridgehead atoms. The van der Waals surface area contributed by atoms with Crippen LogP contribution in [0.5, 0.6) is 0 Å². The lowest BCUT2D eigenvalue weighted by Crippen LogP contribution is -2.02. The Bertz CT molecular complexity index is 498. The van der Waals surface area contributed by atoms with E-state index in [0.29, 0.717) is 0 Å². The minimum atomic E-state index is 1.01. The third kappa shape index (κ3) is 2.61. The fraction of sp³-hybridized carbons (Fsp3) is 0.286. The number of aliphatic imine (C=N–C) groups is 1. The first-order valence-electron chi connectivity index (χ1n) is 5.91. The second-order valence-electron chi connectivity index (χ2n) is 3.92. The van der Waals surface area contributed by atoms with Crippen LogP contribution < -0.4 is 0 Å². The van der Waals surface area contributed by atoms with E-state index in [1.165, 1.54) is 5.56 Å². The Morgan fingerprint density at radius 2 is 2.24 bits per heavy atom. The summed E-state index contributed by atoms with van der Waals surface area (Å²) in [6.07, 6.45) is 5.85. The van der Waals surface area contributed by atoms with Gasteiger partial charge in [-0.1, -0.05) is 25.5 Å². The fourth-order valence-electron chi connectivity index (χ4n) is 1.87. The van der Waals surface area contributed by atoms with Crippen molar-refractivity contribution in [2.24, 2.45) is 4.99 Å². The Morgan fingerprint density at radius 3 is 2.88 bits per heavy atom. The number of aromatic nitrogens is 2. The number of nitrogens with zero attached hydrogens (tertiary/aromatic N) is 3. The van der Waals surface area contributed by atoms with E-state index < -0.39 is 0 Å². The van der Waals surface area contributed by atoms with Gasteiger partial charge < -0.3 is 0 Å². The van der Waals surface area contributed by atoms with Crippen LogP contribution in [0.25, 0.3) is 5.69 Å². The van der Waals surface area contributed by atoms with Crippen molar-refractivity contribution in [1.29, 1.82) is 0 Å². The smallest absolute Gasteiger partial charge is 0.0652 e. The summed E-state index contributed by atoms with van der Waals surface area (Å²) in [5, 5.41) is 4.24. The van der Waals surface area contributed by atoms with E-state index in [-0.39, 0.29) is 0 Å². The van der Waals surface area contributed by atoms with Crippen molar-refractivity contribution in [1.82, 2.24) is 9.78 Å². The van der Waals surface area contributed by atoms with Crippen molar-refractivity contribution in [3.05, 3.63) is 48.3 Å². The summed E-state index contributed by atoms with van der Waals surface area (Å²) in [5.41, 5.74) is 3.41. The first kappa shape index (κ1) is 11.6. The Hall–Kier alpha value is -1.90. The van der Waals surface area contributed by atoms with Crippen LogP contribution in [-0.2, 0) is 0 Å². The molecule has 0 spiro atoms. The molecule has 3 heteroatoms. The van der Waals surface area contributed by atoms with E-state index in [1.807, 2.05) is 30.1 Å². The maximum absolute atomic E-state index is 4.36. The Morgan fingerprint density at radius 1 is 1.35 bits per heavy atom. The molecular weight excluding hydrogens is 210 g/mol. The SMILES string of the molecule is CCCC(=NC)c1cccc(-n2cccn2)c1. The maximum atomic E-state index is 4.36. The fourth-order valence-corrected chi connectivity index (χ4v) is 1.87. The molecule has 0 saturated heterocycles. The topological polar surface area (TPSA) is 30.2 Å². The van der Waals surface area contributed by atoms with Gasteiger partial charge >= 0.3 is 0 Å². The average Bonchev–Trinajstić information content (AvgIpc) is 2.90. The first-order valence-corrected chi connectivity index (χ1v) is 5.91. The van der Waals surface area contributed by atoms with Crippen molar-refractivity contribution in [3.8, 4) is 5.69 Å². The molecule has 1 aromatic carbocycles. The molecule has 3 nitrogen and oxygen atoms in total. The summed E-state index contributed by atoms with van der Waals surface area (Å²) in [6.45, 7) is 2.17. The average molecular weight is 227 g/mol. The molecule has 0 atom stereocenters. The van der Waals surface area contributed by atoms with Gasteiger partial charge in [-0.05, 0) is 30.2 Å². The lowest BCUT2D eigenvalue weighted by Gasteiger charge is -2.07. The molecule has 0 amide bonds. The van der Waals surface area contributed by atoms with Crippen molar-refractivity contribution >= 4 is 5.71 Å². The molecule has 0 fully saturated rings. The van der Waals surface area contributed by atoms with Gasteiger partial charge in [0.15, 0.2) is 0 Å². The largest absolute Gasteiger partial charge is 0.292 e. The molecule has 1 aromatic heterocycles. The van der Waals surface area contributed by atoms with Crippen LogP contribution in [0.15, 0.2) is 47.7 Å². The Kier molecular flexibility index (Phi) is 3.70. The number of hydrogen-bond donors (Lipinski definition) is 0. The van der Waals surface area contributed by atoms with Crippen molar-refractivity contribution in [3.63, 3.8) is 0 Å². The molecule has 0 unspecified atom stereocenters. The zero-order chi connectivity index (χ0) is 12.1. The van der Waals surface area contributed by atoms with Gasteiger partial charge in [0.05, 0.1) is 5.69 Å². The van der Waals surface area contributed by atoms with Crippen LogP contribution in [0.4, 0.5) is 0 Å². The lowest BCUT2D eigenvalue weighted by molar-refractivity contribution is 0.880. The summed E-state index contributed by atoms with van der Waals surface area (Å²) in [6, 6.07) is 10.3. The Balaban J connectivity index is 2.34. The first-order chi connectivity index (χ1) is 8.35. The molecule has 2 rings (SSSR count). The zero-order valence-electron chi connectivity index (χ0n) is 10.3. The standard InChI is InChI=1S/C14H17N3/c1-3-6-14(15-2)12-7-4-8-13(11-12)17-10-5-9-16-17/h4-5,7-11H,3,6H2,1-2H3. The van der Waals surface area contributed by atoms with E-state index in [1.54, 1.807) is 6.20 Å². The second-order valence-corrected chi connectivity index (χ2v) is 3.92. The van der Waals surface area contributed by atoms with Crippen LogP contribution in [0.2, 0.25) is 0 Å². The zero-order valence-corrected chi connectivity index (χ0v) is 10.3. The molecule has 1 heterocycles. The van der Waals surface area contributed by atoms with E-state index in [0.717, 1.165) is 24.2 Å². The number of rotatable bonds is 4. The second kappa shape index (κ2) is 5.43. The minimum absolute atomic E-state index is 1.01. The van der Waals surface area contributed by atoms with Crippen LogP contribution >= 0.6 is 0 Å². The molecule has 2 aromatic rings. The number of benzene rings is 1. The predicted molar refractivity (Wildman–Crippen MR) is 70.9 cm³/mol. The van der Waals surface area contributed by atoms with Gasteiger partial charge in [0.1, 0.15) is 0 Å². The van der Waals surface area contributed by atoms with Gasteiger partial charge in [0.25, 0.3) is 0 Å². The van der Waals surface area contributed by atoms with E-state index >= 15 is 0 Å². The van der Waals surface area contributed by atoms with Crippen molar-refractivity contribution in [2.75, 3.05) is 7.05 Å². The van der Waals surface area contributed by atoms with Gasteiger partial charge in [0.2, 0.25) is 0 Å².